The first kappa shape index (κ1) is 15.2. The molecule has 1 aromatic heterocycles. The van der Waals surface area contributed by atoms with E-state index in [1.807, 2.05) is 0 Å². The van der Waals surface area contributed by atoms with Gasteiger partial charge in [0.05, 0.1) is 6.20 Å². The molecule has 0 saturated heterocycles. The van der Waals surface area contributed by atoms with Gasteiger partial charge in [-0.05, 0) is 18.6 Å². The number of carbonyl (C=O) groups excluding carboxylic acids is 1. The van der Waals surface area contributed by atoms with Gasteiger partial charge in [-0.3, -0.25) is 14.6 Å². The third-order valence-corrected chi connectivity index (χ3v) is 3.05. The van der Waals surface area contributed by atoms with Gasteiger partial charge in [0.2, 0.25) is 0 Å². The van der Waals surface area contributed by atoms with Crippen LogP contribution < -0.4 is 5.32 Å². The average molecular weight is 310 g/mol. The van der Waals surface area contributed by atoms with Crippen LogP contribution in [0.25, 0.3) is 0 Å². The maximum Gasteiger partial charge on any atom is 0.332 e. The molecule has 0 radical (unpaired) electrons. The van der Waals surface area contributed by atoms with E-state index in [1.165, 1.54) is 36.8 Å². The normalized spacial score (nSPS) is 10.2. The van der Waals surface area contributed by atoms with Crippen LogP contribution in [0.15, 0.2) is 36.8 Å². The second-order valence-corrected chi connectivity index (χ2v) is 4.58. The van der Waals surface area contributed by atoms with Gasteiger partial charge in [0, 0.05) is 24.5 Å². The third kappa shape index (κ3) is 4.12. The fourth-order valence-corrected chi connectivity index (χ4v) is 1.78. The minimum absolute atomic E-state index is 0.00982. The number of anilines is 1. The van der Waals surface area contributed by atoms with Crippen molar-refractivity contribution in [2.45, 2.75) is 6.42 Å². The molecule has 1 heterocycles. The minimum Gasteiger partial charge on any atom is -0.290 e. The summed E-state index contributed by atoms with van der Waals surface area (Å²) in [6, 6.07) is 3.06. The van der Waals surface area contributed by atoms with Crippen LogP contribution in [0.1, 0.15) is 5.56 Å². The van der Waals surface area contributed by atoms with E-state index in [0.717, 1.165) is 4.31 Å². The Morgan fingerprint density at radius 3 is 2.62 bits per heavy atom. The van der Waals surface area contributed by atoms with Crippen molar-refractivity contribution in [2.24, 2.45) is 0 Å². The van der Waals surface area contributed by atoms with Gasteiger partial charge in [0.25, 0.3) is 0 Å². The number of halogens is 2. The minimum atomic E-state index is -0.647. The standard InChI is InChI=1S/C13H12F2N4OS/c14-10-2-1-3-11(15)9(10)4-7-19(21)13(20)18-12-8-16-5-6-17-12/h1-3,5-6,8,21H,4,7H2,(H,17,18,20). The summed E-state index contributed by atoms with van der Waals surface area (Å²) < 4.78 is 27.9. The van der Waals surface area contributed by atoms with E-state index in [1.54, 1.807) is 0 Å². The van der Waals surface area contributed by atoms with Crippen molar-refractivity contribution in [3.05, 3.63) is 54.0 Å². The van der Waals surface area contributed by atoms with Gasteiger partial charge in [-0.25, -0.2) is 18.6 Å². The van der Waals surface area contributed by atoms with Crippen molar-refractivity contribution < 1.29 is 13.6 Å². The Morgan fingerprint density at radius 2 is 2.00 bits per heavy atom. The molecule has 1 N–H and O–H groups in total. The van der Waals surface area contributed by atoms with Crippen molar-refractivity contribution in [3.8, 4) is 0 Å². The van der Waals surface area contributed by atoms with E-state index >= 15 is 0 Å². The summed E-state index contributed by atoms with van der Waals surface area (Å²) in [5.74, 6) is -1.03. The lowest BCUT2D eigenvalue weighted by atomic mass is 10.1. The lowest BCUT2D eigenvalue weighted by Gasteiger charge is -2.16. The summed E-state index contributed by atoms with van der Waals surface area (Å²) in [6.45, 7) is 0.0348. The quantitative estimate of drug-likeness (QED) is 0.854. The number of carbonyl (C=O) groups is 1. The van der Waals surface area contributed by atoms with Gasteiger partial charge in [0.1, 0.15) is 11.6 Å². The zero-order valence-electron chi connectivity index (χ0n) is 10.8. The van der Waals surface area contributed by atoms with Crippen molar-refractivity contribution in [3.63, 3.8) is 0 Å². The summed E-state index contributed by atoms with van der Waals surface area (Å²) in [6.07, 6.45) is 4.27. The smallest absolute Gasteiger partial charge is 0.290 e. The number of urea groups is 1. The Labute approximate surface area is 125 Å². The Hall–Kier alpha value is -2.22. The summed E-state index contributed by atoms with van der Waals surface area (Å²) in [5, 5.41) is 2.46. The van der Waals surface area contributed by atoms with Crippen molar-refractivity contribution in [1.29, 1.82) is 0 Å². The Kier molecular flexibility index (Phi) is 5.04. The fraction of sp³-hybridized carbons (Fsp3) is 0.154. The molecule has 0 saturated carbocycles. The first-order valence-electron chi connectivity index (χ1n) is 6.04. The van der Waals surface area contributed by atoms with Crippen molar-refractivity contribution >= 4 is 24.7 Å². The Bertz CT molecular complexity index is 607. The van der Waals surface area contributed by atoms with Gasteiger partial charge in [0.15, 0.2) is 5.82 Å². The lowest BCUT2D eigenvalue weighted by Crippen LogP contribution is -2.29. The van der Waals surface area contributed by atoms with E-state index in [4.69, 9.17) is 0 Å². The number of nitrogens with one attached hydrogen (secondary N) is 1. The van der Waals surface area contributed by atoms with Crippen LogP contribution in [0, 0.1) is 11.6 Å². The van der Waals surface area contributed by atoms with Crippen molar-refractivity contribution in [2.75, 3.05) is 11.9 Å². The lowest BCUT2D eigenvalue weighted by molar-refractivity contribution is 0.239. The fourth-order valence-electron chi connectivity index (χ4n) is 1.63. The highest BCUT2D eigenvalue weighted by Crippen LogP contribution is 2.14. The summed E-state index contributed by atoms with van der Waals surface area (Å²) >= 11 is 3.98. The van der Waals surface area contributed by atoms with Crippen LogP contribution in [-0.4, -0.2) is 26.8 Å². The van der Waals surface area contributed by atoms with Crippen LogP contribution in [0.2, 0.25) is 0 Å². The maximum absolute atomic E-state index is 13.4. The molecule has 0 spiro atoms. The van der Waals surface area contributed by atoms with Gasteiger partial charge in [-0.15, -0.1) is 0 Å². The number of nitrogens with zero attached hydrogens (tertiary/aromatic N) is 3. The van der Waals surface area contributed by atoms with Crippen LogP contribution in [0.4, 0.5) is 19.4 Å². The van der Waals surface area contributed by atoms with Crippen molar-refractivity contribution in [1.82, 2.24) is 14.3 Å². The Morgan fingerprint density at radius 1 is 1.29 bits per heavy atom. The van der Waals surface area contributed by atoms with Crippen LogP contribution >= 0.6 is 12.8 Å². The molecule has 0 aliphatic heterocycles. The van der Waals surface area contributed by atoms with E-state index in [9.17, 15) is 13.6 Å². The van der Waals surface area contributed by atoms with Gasteiger partial charge in [-0.1, -0.05) is 18.9 Å². The molecule has 0 fully saturated rings. The van der Waals surface area contributed by atoms with Gasteiger partial charge < -0.3 is 0 Å². The van der Waals surface area contributed by atoms with E-state index < -0.39 is 17.7 Å². The molecule has 1 aromatic carbocycles. The largest absolute Gasteiger partial charge is 0.332 e. The molecule has 0 aliphatic carbocycles. The van der Waals surface area contributed by atoms with E-state index in [2.05, 4.69) is 28.1 Å². The monoisotopic (exact) mass is 310 g/mol. The zero-order chi connectivity index (χ0) is 15.2. The van der Waals surface area contributed by atoms with E-state index in [0.29, 0.717) is 0 Å². The number of benzene rings is 1. The number of thiol groups is 1. The highest BCUT2D eigenvalue weighted by molar-refractivity contribution is 7.78. The van der Waals surface area contributed by atoms with Gasteiger partial charge >= 0.3 is 6.03 Å². The number of amides is 2. The summed E-state index contributed by atoms with van der Waals surface area (Å²) in [5.41, 5.74) is -0.0798. The number of hydrogen-bond donors (Lipinski definition) is 2. The average Bonchev–Trinajstić information content (AvgIpc) is 2.47. The molecule has 2 amide bonds. The predicted molar refractivity (Wildman–Crippen MR) is 76.8 cm³/mol. The highest BCUT2D eigenvalue weighted by atomic mass is 32.1. The molecular formula is C13H12F2N4OS. The first-order chi connectivity index (χ1) is 10.1. The second-order valence-electron chi connectivity index (χ2n) is 4.09. The molecule has 0 bridgehead atoms. The molecule has 5 nitrogen and oxygen atoms in total. The zero-order valence-corrected chi connectivity index (χ0v) is 11.7. The molecule has 21 heavy (non-hydrogen) atoms. The summed E-state index contributed by atoms with van der Waals surface area (Å²) in [7, 11) is 0. The third-order valence-electron chi connectivity index (χ3n) is 2.67. The molecule has 0 unspecified atom stereocenters. The van der Waals surface area contributed by atoms with Gasteiger partial charge in [-0.2, -0.15) is 0 Å². The number of rotatable bonds is 4. The molecule has 2 aromatic rings. The Balaban J connectivity index is 1.92. The predicted octanol–water partition coefficient (Wildman–Crippen LogP) is 2.68. The molecule has 2 rings (SSSR count). The molecule has 110 valence electrons. The molecular weight excluding hydrogens is 298 g/mol. The molecule has 0 atom stereocenters. The van der Waals surface area contributed by atoms with E-state index in [-0.39, 0.29) is 24.3 Å². The number of hydrogen-bond acceptors (Lipinski definition) is 4. The highest BCUT2D eigenvalue weighted by Gasteiger charge is 2.14. The topological polar surface area (TPSA) is 58.1 Å². The second kappa shape index (κ2) is 6.98. The summed E-state index contributed by atoms with van der Waals surface area (Å²) in [4.78, 5) is 19.5. The molecule has 0 aliphatic rings. The van der Waals surface area contributed by atoms with Crippen LogP contribution in [0.5, 0.6) is 0 Å². The van der Waals surface area contributed by atoms with Crippen LogP contribution in [-0.2, 0) is 6.42 Å². The molecule has 8 heteroatoms. The SMILES string of the molecule is O=C(Nc1cnccn1)N(S)CCc1c(F)cccc1F. The number of aromatic nitrogens is 2. The van der Waals surface area contributed by atoms with Crippen LogP contribution in [0.3, 0.4) is 0 Å². The maximum atomic E-state index is 13.4. The first-order valence-corrected chi connectivity index (χ1v) is 6.44.